The van der Waals surface area contributed by atoms with Crippen LogP contribution in [0.5, 0.6) is 5.75 Å². The van der Waals surface area contributed by atoms with Crippen LogP contribution in [-0.4, -0.2) is 24.1 Å². The zero-order valence-corrected chi connectivity index (χ0v) is 9.11. The molecule has 2 N–H and O–H groups in total. The fourth-order valence-corrected chi connectivity index (χ4v) is 1.30. The maximum atomic E-state index is 10.8. The lowest BCUT2D eigenvalue weighted by Crippen LogP contribution is -2.30. The van der Waals surface area contributed by atoms with Gasteiger partial charge in [-0.1, -0.05) is 17.7 Å². The predicted molar refractivity (Wildman–Crippen MR) is 57.2 cm³/mol. The first kappa shape index (κ1) is 12.0. The second kappa shape index (κ2) is 5.16. The third kappa shape index (κ3) is 2.98. The van der Waals surface area contributed by atoms with Gasteiger partial charge in [0.05, 0.1) is 7.11 Å². The average Bonchev–Trinajstić information content (AvgIpc) is 2.25. The number of carbonyl (C=O) groups excluding carboxylic acids is 1. The number of benzene rings is 1. The molecule has 0 aliphatic heterocycles. The SMILES string of the molecule is COc1ccc(C)cc1CNC(=O)C(=O)O. The monoisotopic (exact) mass is 223 g/mol. The molecule has 0 bridgehead atoms. The van der Waals surface area contributed by atoms with Crippen molar-refractivity contribution in [1.82, 2.24) is 5.32 Å². The summed E-state index contributed by atoms with van der Waals surface area (Å²) in [7, 11) is 1.52. The average molecular weight is 223 g/mol. The molecule has 0 unspecified atom stereocenters. The third-order valence-electron chi connectivity index (χ3n) is 2.07. The number of carbonyl (C=O) groups is 2. The van der Waals surface area contributed by atoms with Crippen LogP contribution in [0.2, 0.25) is 0 Å². The van der Waals surface area contributed by atoms with Gasteiger partial charge in [0.2, 0.25) is 0 Å². The Labute approximate surface area is 93.0 Å². The van der Waals surface area contributed by atoms with E-state index in [0.29, 0.717) is 5.75 Å². The van der Waals surface area contributed by atoms with Gasteiger partial charge in [0.25, 0.3) is 0 Å². The molecule has 0 aliphatic carbocycles. The van der Waals surface area contributed by atoms with E-state index in [2.05, 4.69) is 5.32 Å². The van der Waals surface area contributed by atoms with Crippen molar-refractivity contribution >= 4 is 11.9 Å². The molecular weight excluding hydrogens is 210 g/mol. The van der Waals surface area contributed by atoms with Crippen molar-refractivity contribution in [3.05, 3.63) is 29.3 Å². The third-order valence-corrected chi connectivity index (χ3v) is 2.07. The number of ether oxygens (including phenoxy) is 1. The van der Waals surface area contributed by atoms with Gasteiger partial charge in [-0.05, 0) is 13.0 Å². The fourth-order valence-electron chi connectivity index (χ4n) is 1.30. The van der Waals surface area contributed by atoms with Gasteiger partial charge in [-0.15, -0.1) is 0 Å². The topological polar surface area (TPSA) is 75.6 Å². The minimum atomic E-state index is -1.49. The van der Waals surface area contributed by atoms with Crippen LogP contribution in [0.25, 0.3) is 0 Å². The molecule has 86 valence electrons. The molecule has 0 fully saturated rings. The summed E-state index contributed by atoms with van der Waals surface area (Å²) in [5.41, 5.74) is 1.76. The summed E-state index contributed by atoms with van der Waals surface area (Å²) in [5, 5.41) is 10.7. The highest BCUT2D eigenvalue weighted by Crippen LogP contribution is 2.19. The van der Waals surface area contributed by atoms with E-state index in [4.69, 9.17) is 9.84 Å². The summed E-state index contributed by atoms with van der Waals surface area (Å²) in [6, 6.07) is 5.49. The highest BCUT2D eigenvalue weighted by atomic mass is 16.5. The van der Waals surface area contributed by atoms with Crippen molar-refractivity contribution < 1.29 is 19.4 Å². The van der Waals surface area contributed by atoms with Crippen molar-refractivity contribution in [2.45, 2.75) is 13.5 Å². The fraction of sp³-hybridized carbons (Fsp3) is 0.273. The lowest BCUT2D eigenvalue weighted by atomic mass is 10.1. The van der Waals surface area contributed by atoms with E-state index in [1.807, 2.05) is 19.1 Å². The standard InChI is InChI=1S/C11H13NO4/c1-7-3-4-9(16-2)8(5-7)6-12-10(13)11(14)15/h3-5H,6H2,1-2H3,(H,12,13)(H,14,15). The minimum absolute atomic E-state index is 0.135. The Hall–Kier alpha value is -2.04. The molecule has 1 amide bonds. The van der Waals surface area contributed by atoms with Crippen molar-refractivity contribution in [3.63, 3.8) is 0 Å². The predicted octanol–water partition coefficient (Wildman–Crippen LogP) is 0.704. The minimum Gasteiger partial charge on any atom is -0.496 e. The highest BCUT2D eigenvalue weighted by molar-refractivity contribution is 6.31. The molecule has 1 rings (SSSR count). The van der Waals surface area contributed by atoms with Crippen LogP contribution in [0.1, 0.15) is 11.1 Å². The van der Waals surface area contributed by atoms with Gasteiger partial charge < -0.3 is 15.2 Å². The van der Waals surface area contributed by atoms with Crippen LogP contribution in [0.15, 0.2) is 18.2 Å². The van der Waals surface area contributed by atoms with Gasteiger partial charge >= 0.3 is 11.9 Å². The van der Waals surface area contributed by atoms with Crippen LogP contribution in [-0.2, 0) is 16.1 Å². The van der Waals surface area contributed by atoms with Gasteiger partial charge in [-0.25, -0.2) is 4.79 Å². The molecule has 1 aromatic rings. The molecule has 16 heavy (non-hydrogen) atoms. The first-order valence-electron chi connectivity index (χ1n) is 4.69. The van der Waals surface area contributed by atoms with Crippen LogP contribution >= 0.6 is 0 Å². The molecule has 0 atom stereocenters. The number of rotatable bonds is 3. The van der Waals surface area contributed by atoms with E-state index < -0.39 is 11.9 Å². The van der Waals surface area contributed by atoms with Crippen molar-refractivity contribution in [2.75, 3.05) is 7.11 Å². The number of aliphatic carboxylic acids is 1. The van der Waals surface area contributed by atoms with E-state index >= 15 is 0 Å². The normalized spacial score (nSPS) is 9.62. The molecule has 0 radical (unpaired) electrons. The molecule has 5 heteroatoms. The van der Waals surface area contributed by atoms with E-state index in [0.717, 1.165) is 11.1 Å². The van der Waals surface area contributed by atoms with Gasteiger partial charge in [0, 0.05) is 12.1 Å². The van der Waals surface area contributed by atoms with Gasteiger partial charge in [-0.3, -0.25) is 4.79 Å². The first-order chi connectivity index (χ1) is 7.54. The summed E-state index contributed by atoms with van der Waals surface area (Å²) < 4.78 is 5.09. The molecule has 0 saturated carbocycles. The van der Waals surface area contributed by atoms with Crippen molar-refractivity contribution in [2.24, 2.45) is 0 Å². The number of nitrogens with one attached hydrogen (secondary N) is 1. The molecule has 0 saturated heterocycles. The van der Waals surface area contributed by atoms with Crippen molar-refractivity contribution in [3.8, 4) is 5.75 Å². The Morgan fingerprint density at radius 1 is 1.44 bits per heavy atom. The quantitative estimate of drug-likeness (QED) is 0.740. The Morgan fingerprint density at radius 2 is 2.12 bits per heavy atom. The van der Waals surface area contributed by atoms with E-state index in [-0.39, 0.29) is 6.54 Å². The Balaban J connectivity index is 2.76. The van der Waals surface area contributed by atoms with Crippen LogP contribution in [0.4, 0.5) is 0 Å². The maximum absolute atomic E-state index is 10.8. The van der Waals surface area contributed by atoms with Gasteiger partial charge in [0.1, 0.15) is 5.75 Å². The largest absolute Gasteiger partial charge is 0.496 e. The zero-order chi connectivity index (χ0) is 12.1. The molecular formula is C11H13NO4. The number of carboxylic acids is 1. The second-order valence-electron chi connectivity index (χ2n) is 3.30. The van der Waals surface area contributed by atoms with E-state index in [9.17, 15) is 9.59 Å². The molecule has 0 aliphatic rings. The first-order valence-corrected chi connectivity index (χ1v) is 4.69. The molecule has 5 nitrogen and oxygen atoms in total. The molecule has 0 spiro atoms. The molecule has 0 heterocycles. The Morgan fingerprint density at radius 3 is 2.69 bits per heavy atom. The van der Waals surface area contributed by atoms with E-state index in [1.165, 1.54) is 7.11 Å². The number of carboxylic acid groups (broad SMARTS) is 1. The molecule has 0 aromatic heterocycles. The smallest absolute Gasteiger partial charge is 0.394 e. The summed E-state index contributed by atoms with van der Waals surface area (Å²) in [6.45, 7) is 2.04. The number of aryl methyl sites for hydroxylation is 1. The lowest BCUT2D eigenvalue weighted by molar-refractivity contribution is -0.150. The summed E-state index contributed by atoms with van der Waals surface area (Å²) in [5.74, 6) is -1.90. The van der Waals surface area contributed by atoms with E-state index in [1.54, 1.807) is 6.07 Å². The second-order valence-corrected chi connectivity index (χ2v) is 3.30. The number of amides is 1. The number of methoxy groups -OCH3 is 1. The van der Waals surface area contributed by atoms with Crippen molar-refractivity contribution in [1.29, 1.82) is 0 Å². The van der Waals surface area contributed by atoms with Gasteiger partial charge in [-0.2, -0.15) is 0 Å². The maximum Gasteiger partial charge on any atom is 0.394 e. The van der Waals surface area contributed by atoms with Gasteiger partial charge in [0.15, 0.2) is 0 Å². The summed E-state index contributed by atoms with van der Waals surface area (Å²) in [6.07, 6.45) is 0. The molecule has 1 aromatic carbocycles. The number of hydrogen-bond donors (Lipinski definition) is 2. The van der Waals surface area contributed by atoms with Crippen LogP contribution in [0, 0.1) is 6.92 Å². The summed E-state index contributed by atoms with van der Waals surface area (Å²) >= 11 is 0. The van der Waals surface area contributed by atoms with Crippen LogP contribution in [0.3, 0.4) is 0 Å². The Bertz CT molecular complexity index is 414. The Kier molecular flexibility index (Phi) is 3.88. The summed E-state index contributed by atoms with van der Waals surface area (Å²) in [4.78, 5) is 21.1. The van der Waals surface area contributed by atoms with Crippen LogP contribution < -0.4 is 10.1 Å². The lowest BCUT2D eigenvalue weighted by Gasteiger charge is -2.09. The highest BCUT2D eigenvalue weighted by Gasteiger charge is 2.11. The number of hydrogen-bond acceptors (Lipinski definition) is 3. The zero-order valence-electron chi connectivity index (χ0n) is 9.11.